The molecule has 0 aromatic carbocycles. The monoisotopic (exact) mass is 688 g/mol. The first kappa shape index (κ1) is 42.0. The molecule has 2 N–H and O–H groups in total. The Bertz CT molecular complexity index is 1170. The van der Waals surface area contributed by atoms with Crippen LogP contribution in [0.5, 0.6) is 0 Å². The maximum Gasteiger partial charge on any atom is 0.229 e. The number of anilines is 1. The smallest absolute Gasteiger partial charge is 0.229 e. The largest absolute Gasteiger partial charge is 0.338 e. The molecular weight excluding hydrogens is 610 g/mol. The van der Waals surface area contributed by atoms with Gasteiger partial charge in [-0.1, -0.05) is 47.5 Å². The number of piperidine rings is 2. The van der Waals surface area contributed by atoms with Crippen LogP contribution in [0.2, 0.25) is 0 Å². The van der Waals surface area contributed by atoms with Gasteiger partial charge in [-0.2, -0.15) is 20.1 Å². The van der Waals surface area contributed by atoms with Crippen molar-refractivity contribution in [3.8, 4) is 0 Å². The molecule has 0 bridgehead atoms. The van der Waals surface area contributed by atoms with Gasteiger partial charge in [0.2, 0.25) is 5.95 Å². The van der Waals surface area contributed by atoms with Crippen molar-refractivity contribution in [1.82, 2.24) is 30.0 Å². The highest BCUT2D eigenvalue weighted by Gasteiger charge is 2.49. The minimum atomic E-state index is -0.360. The summed E-state index contributed by atoms with van der Waals surface area (Å²) in [6.07, 6.45) is 12.4. The molecule has 284 valence electrons. The summed E-state index contributed by atoms with van der Waals surface area (Å²) >= 11 is 0. The van der Waals surface area contributed by atoms with Gasteiger partial charge >= 0.3 is 0 Å². The summed E-state index contributed by atoms with van der Waals surface area (Å²) < 4.78 is 0. The number of hydrogen-bond acceptors (Lipinski definition) is 9. The fourth-order valence-corrected chi connectivity index (χ4v) is 9.22. The highest BCUT2D eigenvalue weighted by Crippen LogP contribution is 2.43. The molecule has 2 saturated heterocycles. The minimum Gasteiger partial charge on any atom is -0.338 e. The van der Waals surface area contributed by atoms with Crippen LogP contribution in [0.4, 0.5) is 5.95 Å². The summed E-state index contributed by atoms with van der Waals surface area (Å²) in [5, 5.41) is 25.3. The van der Waals surface area contributed by atoms with Gasteiger partial charge in [0.1, 0.15) is 11.6 Å². The number of nitrogens with zero attached hydrogens (tertiary/aromatic N) is 7. The number of aromatic nitrogens is 3. The lowest BCUT2D eigenvalue weighted by Crippen LogP contribution is -2.65. The minimum absolute atomic E-state index is 0.0866. The van der Waals surface area contributed by atoms with Crippen molar-refractivity contribution in [3.63, 3.8) is 0 Å². The Labute approximate surface area is 301 Å². The molecule has 0 unspecified atom stereocenters. The van der Waals surface area contributed by atoms with E-state index in [9.17, 15) is 10.4 Å². The Morgan fingerprint density at radius 1 is 0.633 bits per heavy atom. The lowest BCUT2D eigenvalue weighted by molar-refractivity contribution is -0.255. The van der Waals surface area contributed by atoms with E-state index in [0.717, 1.165) is 94.9 Å². The van der Waals surface area contributed by atoms with E-state index in [4.69, 9.17) is 15.0 Å². The standard InChI is InChI=1S/C40H77N7O2/c1-16-39(14,17-2)33-41-30(5)42-34(43-33)44(31-26-35(6,7)46(48)36(8,9)27-31)24-22-20-21-23-25-45(40(15,18-3)19-4)32-28-37(10,11)47(49)38(12,13)29-32/h31-32,48-49H,16-29H2,1-15H3. The van der Waals surface area contributed by atoms with Crippen LogP contribution in [0.3, 0.4) is 0 Å². The zero-order valence-corrected chi connectivity index (χ0v) is 34.6. The molecule has 9 heteroatoms. The molecule has 1 aromatic rings. The van der Waals surface area contributed by atoms with Crippen molar-refractivity contribution in [2.24, 2.45) is 0 Å². The zero-order valence-electron chi connectivity index (χ0n) is 34.6. The van der Waals surface area contributed by atoms with Crippen LogP contribution in [0.15, 0.2) is 0 Å². The van der Waals surface area contributed by atoms with E-state index in [-0.39, 0.29) is 39.2 Å². The van der Waals surface area contributed by atoms with Crippen molar-refractivity contribution in [3.05, 3.63) is 11.6 Å². The molecule has 9 nitrogen and oxygen atoms in total. The molecule has 1 aromatic heterocycles. The number of hydroxylamine groups is 4. The van der Waals surface area contributed by atoms with Crippen molar-refractivity contribution >= 4 is 5.95 Å². The highest BCUT2D eigenvalue weighted by atomic mass is 16.5. The molecule has 3 heterocycles. The van der Waals surface area contributed by atoms with Gasteiger partial charge < -0.3 is 15.3 Å². The number of hydrogen-bond donors (Lipinski definition) is 2. The zero-order chi connectivity index (χ0) is 37.2. The SMILES string of the molecule is CCC(C)(CC)c1nc(C)nc(N(CCCCCCN(C2CC(C)(C)N(O)C(C)(C)C2)C(C)(CC)CC)C2CC(C)(C)N(O)C(C)(C)C2)n1. The van der Waals surface area contributed by atoms with E-state index in [0.29, 0.717) is 6.04 Å². The van der Waals surface area contributed by atoms with E-state index < -0.39 is 0 Å². The van der Waals surface area contributed by atoms with Gasteiger partial charge in [0.05, 0.1) is 0 Å². The molecule has 0 aliphatic carbocycles. The third-order valence-electron chi connectivity index (χ3n) is 13.0. The maximum absolute atomic E-state index is 11.1. The Balaban J connectivity index is 1.80. The Kier molecular flexibility index (Phi) is 13.5. The molecule has 0 atom stereocenters. The average Bonchev–Trinajstić information content (AvgIpc) is 3.02. The van der Waals surface area contributed by atoms with E-state index in [1.54, 1.807) is 10.1 Å². The molecule has 49 heavy (non-hydrogen) atoms. The summed E-state index contributed by atoms with van der Waals surface area (Å²) in [4.78, 5) is 20.3. The second-order valence-electron chi connectivity index (χ2n) is 18.8. The predicted molar refractivity (Wildman–Crippen MR) is 204 cm³/mol. The molecule has 0 radical (unpaired) electrons. The van der Waals surface area contributed by atoms with Crippen molar-refractivity contribution in [1.29, 1.82) is 0 Å². The molecule has 0 spiro atoms. The van der Waals surface area contributed by atoms with Gasteiger partial charge in [-0.15, -0.1) is 0 Å². The van der Waals surface area contributed by atoms with Gasteiger partial charge in [0.15, 0.2) is 0 Å². The highest BCUT2D eigenvalue weighted by molar-refractivity contribution is 5.34. The van der Waals surface area contributed by atoms with Crippen LogP contribution < -0.4 is 4.90 Å². The van der Waals surface area contributed by atoms with Crippen LogP contribution in [-0.2, 0) is 5.41 Å². The third-order valence-corrected chi connectivity index (χ3v) is 13.0. The molecular formula is C40H77N7O2. The second kappa shape index (κ2) is 15.7. The fourth-order valence-electron chi connectivity index (χ4n) is 9.22. The van der Waals surface area contributed by atoms with Crippen LogP contribution in [0, 0.1) is 6.92 Å². The van der Waals surface area contributed by atoms with Gasteiger partial charge in [0, 0.05) is 51.7 Å². The van der Waals surface area contributed by atoms with Crippen LogP contribution in [0.25, 0.3) is 0 Å². The summed E-state index contributed by atoms with van der Waals surface area (Å²) in [6, 6.07) is 0.656. The predicted octanol–water partition coefficient (Wildman–Crippen LogP) is 9.33. The van der Waals surface area contributed by atoms with E-state index in [1.165, 1.54) is 12.8 Å². The topological polar surface area (TPSA) is 92.1 Å². The summed E-state index contributed by atoms with van der Waals surface area (Å²) in [5.41, 5.74) is -1.18. The van der Waals surface area contributed by atoms with Crippen LogP contribution in [-0.4, -0.2) is 93.3 Å². The molecule has 0 saturated carbocycles. The van der Waals surface area contributed by atoms with Gasteiger partial charge in [-0.05, 0) is 140 Å². The summed E-state index contributed by atoms with van der Waals surface area (Å²) in [7, 11) is 0. The quantitative estimate of drug-likeness (QED) is 0.165. The first-order valence-electron chi connectivity index (χ1n) is 19.8. The van der Waals surface area contributed by atoms with Crippen LogP contribution in [0.1, 0.15) is 186 Å². The van der Waals surface area contributed by atoms with E-state index in [1.807, 2.05) is 6.92 Å². The lowest BCUT2D eigenvalue weighted by atomic mass is 9.76. The van der Waals surface area contributed by atoms with Gasteiger partial charge in [-0.25, -0.2) is 4.98 Å². The van der Waals surface area contributed by atoms with Crippen LogP contribution >= 0.6 is 0 Å². The van der Waals surface area contributed by atoms with Gasteiger partial charge in [0.25, 0.3) is 0 Å². The molecule has 0 amide bonds. The first-order valence-corrected chi connectivity index (χ1v) is 19.8. The maximum atomic E-state index is 11.1. The Hall–Kier alpha value is -1.39. The first-order chi connectivity index (χ1) is 22.5. The third kappa shape index (κ3) is 9.35. The number of aryl methyl sites for hydroxylation is 1. The lowest BCUT2D eigenvalue weighted by Gasteiger charge is -2.56. The Morgan fingerprint density at radius 2 is 1.06 bits per heavy atom. The molecule has 2 aliphatic rings. The average molecular weight is 688 g/mol. The normalized spacial score (nSPS) is 22.2. The number of unbranched alkanes of at least 4 members (excludes halogenated alkanes) is 3. The molecule has 2 fully saturated rings. The fraction of sp³-hybridized carbons (Fsp3) is 0.925. The van der Waals surface area contributed by atoms with E-state index in [2.05, 4.69) is 107 Å². The van der Waals surface area contributed by atoms with Crippen molar-refractivity contribution in [2.45, 2.75) is 226 Å². The summed E-state index contributed by atoms with van der Waals surface area (Å²) in [6.45, 7) is 35.2. The van der Waals surface area contributed by atoms with E-state index >= 15 is 0 Å². The van der Waals surface area contributed by atoms with Gasteiger partial charge in [-0.3, -0.25) is 4.90 Å². The number of rotatable bonds is 16. The van der Waals surface area contributed by atoms with Crippen molar-refractivity contribution < 1.29 is 10.4 Å². The second-order valence-corrected chi connectivity index (χ2v) is 18.8. The summed E-state index contributed by atoms with van der Waals surface area (Å²) in [5.74, 6) is 2.48. The molecule has 2 aliphatic heterocycles. The Morgan fingerprint density at radius 3 is 1.49 bits per heavy atom. The van der Waals surface area contributed by atoms with Crippen molar-refractivity contribution in [2.75, 3.05) is 18.0 Å². The molecule has 3 rings (SSSR count).